The first kappa shape index (κ1) is 13.2. The smallest absolute Gasteiger partial charge is 0.261 e. The summed E-state index contributed by atoms with van der Waals surface area (Å²) in [7, 11) is 0. The molecule has 0 radical (unpaired) electrons. The molecule has 1 amide bonds. The van der Waals surface area contributed by atoms with Crippen LogP contribution in [0.15, 0.2) is 30.0 Å². The summed E-state index contributed by atoms with van der Waals surface area (Å²) >= 11 is 0. The third-order valence-electron chi connectivity index (χ3n) is 2.86. The minimum atomic E-state index is -2.08. The van der Waals surface area contributed by atoms with Crippen molar-refractivity contribution in [3.63, 3.8) is 0 Å². The SMILES string of the molecule is CC(=O)/C=C(/O)C[C@]1(O)C(=O)Nc2ccc(F)cc21. The van der Waals surface area contributed by atoms with Crippen molar-refractivity contribution >= 4 is 17.4 Å². The van der Waals surface area contributed by atoms with Crippen molar-refractivity contribution in [2.24, 2.45) is 0 Å². The van der Waals surface area contributed by atoms with Gasteiger partial charge in [0, 0.05) is 23.7 Å². The number of rotatable bonds is 3. The number of nitrogens with one attached hydrogen (secondary N) is 1. The zero-order valence-corrected chi connectivity index (χ0v) is 10.1. The highest BCUT2D eigenvalue weighted by atomic mass is 19.1. The number of aliphatic hydroxyl groups excluding tert-OH is 1. The average molecular weight is 265 g/mol. The van der Waals surface area contributed by atoms with E-state index in [1.807, 2.05) is 0 Å². The van der Waals surface area contributed by atoms with E-state index in [2.05, 4.69) is 5.32 Å². The van der Waals surface area contributed by atoms with Crippen LogP contribution >= 0.6 is 0 Å². The number of benzene rings is 1. The number of ketones is 1. The van der Waals surface area contributed by atoms with Crippen molar-refractivity contribution in [3.8, 4) is 0 Å². The van der Waals surface area contributed by atoms with Crippen LogP contribution in [0.25, 0.3) is 0 Å². The van der Waals surface area contributed by atoms with E-state index in [9.17, 15) is 24.2 Å². The third kappa shape index (κ3) is 2.34. The summed E-state index contributed by atoms with van der Waals surface area (Å²) in [5.41, 5.74) is -1.75. The van der Waals surface area contributed by atoms with E-state index in [4.69, 9.17) is 0 Å². The Bertz CT molecular complexity index is 596. The van der Waals surface area contributed by atoms with Crippen molar-refractivity contribution in [1.82, 2.24) is 0 Å². The first-order chi connectivity index (χ1) is 8.83. The fourth-order valence-electron chi connectivity index (χ4n) is 2.04. The highest BCUT2D eigenvalue weighted by molar-refractivity contribution is 6.05. The van der Waals surface area contributed by atoms with E-state index in [1.54, 1.807) is 0 Å². The number of halogens is 1. The maximum absolute atomic E-state index is 13.2. The zero-order chi connectivity index (χ0) is 14.2. The molecule has 19 heavy (non-hydrogen) atoms. The molecule has 100 valence electrons. The molecule has 1 aromatic carbocycles. The van der Waals surface area contributed by atoms with Gasteiger partial charge in [-0.25, -0.2) is 4.39 Å². The molecule has 1 aromatic rings. The van der Waals surface area contributed by atoms with Crippen LogP contribution in [0.5, 0.6) is 0 Å². The van der Waals surface area contributed by atoms with Gasteiger partial charge in [-0.15, -0.1) is 0 Å². The van der Waals surface area contributed by atoms with Gasteiger partial charge in [0.2, 0.25) is 0 Å². The lowest BCUT2D eigenvalue weighted by Gasteiger charge is -2.20. The molecule has 1 aliphatic rings. The normalized spacial score (nSPS) is 22.1. The lowest BCUT2D eigenvalue weighted by Crippen LogP contribution is -2.34. The minimum absolute atomic E-state index is 0.0426. The van der Waals surface area contributed by atoms with Crippen LogP contribution in [0.3, 0.4) is 0 Å². The van der Waals surface area contributed by atoms with E-state index in [-0.39, 0.29) is 11.3 Å². The van der Waals surface area contributed by atoms with Gasteiger partial charge in [-0.2, -0.15) is 0 Å². The van der Waals surface area contributed by atoms with Gasteiger partial charge in [-0.3, -0.25) is 9.59 Å². The molecule has 0 spiro atoms. The molecule has 0 aliphatic carbocycles. The predicted molar refractivity (Wildman–Crippen MR) is 64.9 cm³/mol. The molecular weight excluding hydrogens is 253 g/mol. The largest absolute Gasteiger partial charge is 0.512 e. The van der Waals surface area contributed by atoms with Crippen LogP contribution in [0, 0.1) is 5.82 Å². The summed E-state index contributed by atoms with van der Waals surface area (Å²) in [6.45, 7) is 1.22. The fourth-order valence-corrected chi connectivity index (χ4v) is 2.04. The molecule has 1 atom stereocenters. The number of anilines is 1. The maximum atomic E-state index is 13.2. The molecule has 0 unspecified atom stereocenters. The van der Waals surface area contributed by atoms with Crippen molar-refractivity contribution in [1.29, 1.82) is 0 Å². The molecule has 0 aromatic heterocycles. The highest BCUT2D eigenvalue weighted by Gasteiger charge is 2.46. The van der Waals surface area contributed by atoms with Crippen LogP contribution in [0.1, 0.15) is 18.9 Å². The monoisotopic (exact) mass is 265 g/mol. The summed E-state index contributed by atoms with van der Waals surface area (Å²) < 4.78 is 13.2. The lowest BCUT2D eigenvalue weighted by atomic mass is 9.90. The minimum Gasteiger partial charge on any atom is -0.512 e. The molecule has 3 N–H and O–H groups in total. The number of hydrogen-bond donors (Lipinski definition) is 3. The van der Waals surface area contributed by atoms with Gasteiger partial charge < -0.3 is 15.5 Å². The second-order valence-corrected chi connectivity index (χ2v) is 4.43. The molecular formula is C13H12FNO4. The van der Waals surface area contributed by atoms with Gasteiger partial charge in [0.1, 0.15) is 5.82 Å². The number of allylic oxidation sites excluding steroid dienone is 1. The van der Waals surface area contributed by atoms with Gasteiger partial charge in [0.25, 0.3) is 5.91 Å². The zero-order valence-electron chi connectivity index (χ0n) is 10.1. The molecule has 1 heterocycles. The van der Waals surface area contributed by atoms with Crippen LogP contribution in [0.2, 0.25) is 0 Å². The Morgan fingerprint density at radius 1 is 1.53 bits per heavy atom. The Morgan fingerprint density at radius 2 is 2.21 bits per heavy atom. The standard InChI is InChI=1S/C13H12FNO4/c1-7(16)4-9(17)6-13(19)10-5-8(14)2-3-11(10)15-12(13)18/h2-5,17,19H,6H2,1H3,(H,15,18)/b9-4+/t13-/m1/s1. The van der Waals surface area contributed by atoms with Crippen LogP contribution in [0.4, 0.5) is 10.1 Å². The van der Waals surface area contributed by atoms with Gasteiger partial charge in [-0.1, -0.05) is 0 Å². The number of carbonyl (C=O) groups excluding carboxylic acids is 2. The second kappa shape index (κ2) is 4.47. The summed E-state index contributed by atoms with van der Waals surface area (Å²) in [6.07, 6.45) is 0.414. The van der Waals surface area contributed by atoms with Gasteiger partial charge in [-0.05, 0) is 25.1 Å². The number of fused-ring (bicyclic) bond motifs is 1. The van der Waals surface area contributed by atoms with E-state index < -0.39 is 35.3 Å². The molecule has 0 saturated heterocycles. The molecule has 5 nitrogen and oxygen atoms in total. The molecule has 0 saturated carbocycles. The van der Waals surface area contributed by atoms with E-state index in [1.165, 1.54) is 13.0 Å². The first-order valence-corrected chi connectivity index (χ1v) is 5.57. The number of carbonyl (C=O) groups is 2. The van der Waals surface area contributed by atoms with Gasteiger partial charge in [0.15, 0.2) is 11.4 Å². The lowest BCUT2D eigenvalue weighted by molar-refractivity contribution is -0.134. The van der Waals surface area contributed by atoms with Crippen LogP contribution in [-0.2, 0) is 15.2 Å². The van der Waals surface area contributed by atoms with E-state index >= 15 is 0 Å². The van der Waals surface area contributed by atoms with Gasteiger partial charge in [0.05, 0.1) is 5.76 Å². The third-order valence-corrected chi connectivity index (χ3v) is 2.86. The highest BCUT2D eigenvalue weighted by Crippen LogP contribution is 2.39. The Labute approximate surface area is 108 Å². The Hall–Kier alpha value is -2.21. The van der Waals surface area contributed by atoms with E-state index in [0.717, 1.165) is 18.2 Å². The Kier molecular flexibility index (Phi) is 3.11. The summed E-state index contributed by atoms with van der Waals surface area (Å²) in [5, 5.41) is 22.3. The topological polar surface area (TPSA) is 86.6 Å². The van der Waals surface area contributed by atoms with Crippen molar-refractivity contribution < 1.29 is 24.2 Å². The van der Waals surface area contributed by atoms with Crippen molar-refractivity contribution in [3.05, 3.63) is 41.4 Å². The molecule has 0 fully saturated rings. The van der Waals surface area contributed by atoms with E-state index in [0.29, 0.717) is 0 Å². The number of hydrogen-bond acceptors (Lipinski definition) is 4. The molecule has 2 rings (SSSR count). The maximum Gasteiger partial charge on any atom is 0.261 e. The second-order valence-electron chi connectivity index (χ2n) is 4.43. The number of aliphatic hydroxyl groups is 2. The fraction of sp³-hybridized carbons (Fsp3) is 0.231. The summed E-state index contributed by atoms with van der Waals surface area (Å²) in [5.74, 6) is -2.23. The quantitative estimate of drug-likeness (QED) is 0.569. The van der Waals surface area contributed by atoms with Crippen LogP contribution in [-0.4, -0.2) is 21.9 Å². The molecule has 0 bridgehead atoms. The summed E-state index contributed by atoms with van der Waals surface area (Å²) in [4.78, 5) is 22.6. The Balaban J connectivity index is 2.41. The van der Waals surface area contributed by atoms with Crippen molar-refractivity contribution in [2.45, 2.75) is 18.9 Å². The molecule has 6 heteroatoms. The number of amides is 1. The predicted octanol–water partition coefficient (Wildman–Crippen LogP) is 1.39. The Morgan fingerprint density at radius 3 is 2.84 bits per heavy atom. The van der Waals surface area contributed by atoms with Crippen molar-refractivity contribution in [2.75, 3.05) is 5.32 Å². The first-order valence-electron chi connectivity index (χ1n) is 5.57. The summed E-state index contributed by atoms with van der Waals surface area (Å²) in [6, 6.07) is 3.50. The average Bonchev–Trinajstić information content (AvgIpc) is 2.51. The van der Waals surface area contributed by atoms with Crippen LogP contribution < -0.4 is 5.32 Å². The molecule has 1 aliphatic heterocycles. The van der Waals surface area contributed by atoms with Gasteiger partial charge >= 0.3 is 0 Å².